The molecule has 1 aliphatic rings. The average Bonchev–Trinajstić information content (AvgIpc) is 2.93. The maximum Gasteiger partial charge on any atom is 0.201 e. The molecule has 92 valence electrons. The number of hydrogen-bond acceptors (Lipinski definition) is 5. The summed E-state index contributed by atoms with van der Waals surface area (Å²) in [5.74, 6) is 0. The van der Waals surface area contributed by atoms with Gasteiger partial charge in [-0.1, -0.05) is 17.7 Å². The second-order valence-electron chi connectivity index (χ2n) is 3.75. The van der Waals surface area contributed by atoms with Gasteiger partial charge in [0, 0.05) is 0 Å². The molecule has 0 amide bonds. The smallest absolute Gasteiger partial charge is 0.201 e. The number of ether oxygens (including phenoxy) is 2. The molecule has 0 bridgehead atoms. The Morgan fingerprint density at radius 1 is 1.06 bits per heavy atom. The van der Waals surface area contributed by atoms with E-state index in [0.29, 0.717) is 29.8 Å². The minimum absolute atomic E-state index is 0.341. The molecular weight excluding hydrogens is 254 g/mol. The Labute approximate surface area is 109 Å². The highest BCUT2D eigenvalue weighted by Gasteiger charge is 2.20. The molecule has 6 heteroatoms. The molecule has 2 aromatic rings. The Hall–Kier alpha value is -1.56. The second-order valence-corrected chi connectivity index (χ2v) is 4.14. The van der Waals surface area contributed by atoms with E-state index in [9.17, 15) is 0 Å². The third-order valence-electron chi connectivity index (χ3n) is 2.50. The van der Waals surface area contributed by atoms with Crippen LogP contribution in [-0.4, -0.2) is 28.2 Å². The van der Waals surface area contributed by atoms with Crippen LogP contribution in [0.15, 0.2) is 30.6 Å². The maximum absolute atomic E-state index is 5.81. The van der Waals surface area contributed by atoms with Crippen LogP contribution in [0.2, 0.25) is 5.15 Å². The summed E-state index contributed by atoms with van der Waals surface area (Å²) in [6.07, 6.45) is 2.71. The second kappa shape index (κ2) is 4.97. The molecule has 1 fully saturated rings. The van der Waals surface area contributed by atoms with Gasteiger partial charge in [-0.05, 0) is 12.1 Å². The Bertz CT molecular complexity index is 559. The molecule has 18 heavy (non-hydrogen) atoms. The zero-order valence-corrected chi connectivity index (χ0v) is 10.2. The molecule has 1 saturated heterocycles. The highest BCUT2D eigenvalue weighted by atomic mass is 35.5. The lowest BCUT2D eigenvalue weighted by Gasteiger charge is -2.09. The molecule has 0 spiro atoms. The van der Waals surface area contributed by atoms with Gasteiger partial charge in [-0.2, -0.15) is 0 Å². The van der Waals surface area contributed by atoms with Crippen LogP contribution in [0.1, 0.15) is 12.0 Å². The van der Waals surface area contributed by atoms with Gasteiger partial charge < -0.3 is 9.47 Å². The first-order valence-corrected chi connectivity index (χ1v) is 5.89. The SMILES string of the molecule is Clc1cncc(-c2cccc(C3OCCO3)n2)n1. The first-order chi connectivity index (χ1) is 8.83. The summed E-state index contributed by atoms with van der Waals surface area (Å²) < 4.78 is 10.8. The lowest BCUT2D eigenvalue weighted by atomic mass is 10.2. The van der Waals surface area contributed by atoms with Crippen molar-refractivity contribution in [2.45, 2.75) is 6.29 Å². The van der Waals surface area contributed by atoms with Crippen LogP contribution in [-0.2, 0) is 9.47 Å². The fraction of sp³-hybridized carbons (Fsp3) is 0.250. The average molecular weight is 264 g/mol. The predicted molar refractivity (Wildman–Crippen MR) is 64.9 cm³/mol. The molecule has 0 radical (unpaired) electrons. The van der Waals surface area contributed by atoms with Crippen molar-refractivity contribution >= 4 is 11.6 Å². The van der Waals surface area contributed by atoms with Crippen LogP contribution < -0.4 is 0 Å². The quantitative estimate of drug-likeness (QED) is 0.832. The summed E-state index contributed by atoms with van der Waals surface area (Å²) in [4.78, 5) is 12.6. The van der Waals surface area contributed by atoms with Crippen molar-refractivity contribution in [3.63, 3.8) is 0 Å². The van der Waals surface area contributed by atoms with E-state index in [1.807, 2.05) is 18.2 Å². The summed E-state index contributed by atoms with van der Waals surface area (Å²) in [6.45, 7) is 1.18. The van der Waals surface area contributed by atoms with Gasteiger partial charge in [0.05, 0.1) is 37.0 Å². The van der Waals surface area contributed by atoms with E-state index >= 15 is 0 Å². The van der Waals surface area contributed by atoms with E-state index < -0.39 is 6.29 Å². The van der Waals surface area contributed by atoms with E-state index in [-0.39, 0.29) is 0 Å². The first-order valence-electron chi connectivity index (χ1n) is 5.51. The minimum Gasteiger partial charge on any atom is -0.345 e. The Morgan fingerprint density at radius 3 is 2.67 bits per heavy atom. The van der Waals surface area contributed by atoms with Crippen molar-refractivity contribution in [1.29, 1.82) is 0 Å². The van der Waals surface area contributed by atoms with Crippen molar-refractivity contribution < 1.29 is 9.47 Å². The molecule has 0 atom stereocenters. The lowest BCUT2D eigenvalue weighted by Crippen LogP contribution is -2.02. The van der Waals surface area contributed by atoms with Gasteiger partial charge in [-0.3, -0.25) is 4.98 Å². The zero-order valence-electron chi connectivity index (χ0n) is 9.41. The molecule has 2 aromatic heterocycles. The van der Waals surface area contributed by atoms with Gasteiger partial charge in [0.2, 0.25) is 6.29 Å². The Balaban J connectivity index is 1.95. The minimum atomic E-state index is -0.392. The predicted octanol–water partition coefficient (Wildman–Crippen LogP) is 2.24. The number of pyridine rings is 1. The topological polar surface area (TPSA) is 57.1 Å². The summed E-state index contributed by atoms with van der Waals surface area (Å²) >= 11 is 5.81. The molecule has 3 heterocycles. The highest BCUT2D eigenvalue weighted by molar-refractivity contribution is 6.29. The van der Waals surface area contributed by atoms with Gasteiger partial charge in [0.15, 0.2) is 0 Å². The van der Waals surface area contributed by atoms with E-state index in [2.05, 4.69) is 15.0 Å². The van der Waals surface area contributed by atoms with Crippen molar-refractivity contribution in [2.24, 2.45) is 0 Å². The van der Waals surface area contributed by atoms with Gasteiger partial charge in [-0.15, -0.1) is 0 Å². The van der Waals surface area contributed by atoms with Crippen LogP contribution in [0.5, 0.6) is 0 Å². The standard InChI is InChI=1S/C12H10ClN3O2/c13-11-7-14-6-10(16-11)8-2-1-3-9(15-8)12-17-4-5-18-12/h1-3,6-7,12H,4-5H2. The molecule has 0 aliphatic carbocycles. The van der Waals surface area contributed by atoms with Crippen molar-refractivity contribution in [3.8, 4) is 11.4 Å². The molecule has 0 unspecified atom stereocenters. The number of halogens is 1. The third-order valence-corrected chi connectivity index (χ3v) is 2.68. The van der Waals surface area contributed by atoms with Gasteiger partial charge in [0.25, 0.3) is 0 Å². The molecule has 3 rings (SSSR count). The summed E-state index contributed by atoms with van der Waals surface area (Å²) in [7, 11) is 0. The molecule has 0 aromatic carbocycles. The van der Waals surface area contributed by atoms with E-state index in [1.165, 1.54) is 6.20 Å². The van der Waals surface area contributed by atoms with Crippen LogP contribution in [0.4, 0.5) is 0 Å². The summed E-state index contributed by atoms with van der Waals surface area (Å²) in [6, 6.07) is 5.58. The maximum atomic E-state index is 5.81. The summed E-state index contributed by atoms with van der Waals surface area (Å²) in [5.41, 5.74) is 2.05. The Kier molecular flexibility index (Phi) is 3.19. The van der Waals surface area contributed by atoms with E-state index in [0.717, 1.165) is 5.69 Å². The van der Waals surface area contributed by atoms with Crippen molar-refractivity contribution in [2.75, 3.05) is 13.2 Å². The van der Waals surface area contributed by atoms with Crippen LogP contribution in [0.3, 0.4) is 0 Å². The normalized spacial score (nSPS) is 16.1. The van der Waals surface area contributed by atoms with E-state index in [4.69, 9.17) is 21.1 Å². The van der Waals surface area contributed by atoms with Crippen LogP contribution in [0.25, 0.3) is 11.4 Å². The molecule has 1 aliphatic heterocycles. The van der Waals surface area contributed by atoms with Gasteiger partial charge in [-0.25, -0.2) is 9.97 Å². The first kappa shape index (κ1) is 11.5. The van der Waals surface area contributed by atoms with Gasteiger partial charge in [0.1, 0.15) is 10.8 Å². The van der Waals surface area contributed by atoms with Crippen LogP contribution in [0, 0.1) is 0 Å². The number of nitrogens with zero attached hydrogens (tertiary/aromatic N) is 3. The van der Waals surface area contributed by atoms with Crippen molar-refractivity contribution in [1.82, 2.24) is 15.0 Å². The number of hydrogen-bond donors (Lipinski definition) is 0. The summed E-state index contributed by atoms with van der Waals surface area (Å²) in [5, 5.41) is 0.341. The van der Waals surface area contributed by atoms with Crippen molar-refractivity contribution in [3.05, 3.63) is 41.4 Å². The third kappa shape index (κ3) is 2.33. The lowest BCUT2D eigenvalue weighted by molar-refractivity contribution is -0.0472. The molecular formula is C12H10ClN3O2. The molecule has 0 N–H and O–H groups in total. The fourth-order valence-electron chi connectivity index (χ4n) is 1.72. The Morgan fingerprint density at radius 2 is 1.89 bits per heavy atom. The largest absolute Gasteiger partial charge is 0.345 e. The van der Waals surface area contributed by atoms with E-state index in [1.54, 1.807) is 6.20 Å². The number of aromatic nitrogens is 3. The highest BCUT2D eigenvalue weighted by Crippen LogP contribution is 2.24. The number of rotatable bonds is 2. The van der Waals surface area contributed by atoms with Crippen LogP contribution >= 0.6 is 11.6 Å². The molecule has 5 nitrogen and oxygen atoms in total. The monoisotopic (exact) mass is 263 g/mol. The molecule has 0 saturated carbocycles. The van der Waals surface area contributed by atoms with Gasteiger partial charge >= 0.3 is 0 Å². The fourth-order valence-corrected chi connectivity index (χ4v) is 1.87. The zero-order chi connectivity index (χ0) is 12.4.